The van der Waals surface area contributed by atoms with Gasteiger partial charge in [0.25, 0.3) is 11.5 Å². The Bertz CT molecular complexity index is 880. The van der Waals surface area contributed by atoms with E-state index >= 15 is 0 Å². The molecule has 0 bridgehead atoms. The second kappa shape index (κ2) is 10.5. The Morgan fingerprint density at radius 1 is 1.24 bits per heavy atom. The predicted octanol–water partition coefficient (Wildman–Crippen LogP) is 1.02. The van der Waals surface area contributed by atoms with E-state index in [4.69, 9.17) is 4.74 Å². The maximum Gasteiger partial charge on any atom is 0.359 e. The molecule has 2 rings (SSSR count). The number of carbonyl (C=O) groups is 2. The van der Waals surface area contributed by atoms with Crippen LogP contribution < -0.4 is 5.56 Å². The second-order valence-corrected chi connectivity index (χ2v) is 9.44. The standard InChI is InChI=1S/C19H29N3O6S/c1-3-5-10-21(15-9-12-29(26,27)14-15)18(24)13-28-19(25)16-7-8-17(23)22(20-16)11-6-4-2/h7-8,15H,3-6,9-14H2,1-2H3. The lowest BCUT2D eigenvalue weighted by Gasteiger charge is -2.28. The average molecular weight is 428 g/mol. The molecule has 162 valence electrons. The summed E-state index contributed by atoms with van der Waals surface area (Å²) >= 11 is 0. The Labute approximate surface area is 171 Å². The first-order chi connectivity index (χ1) is 13.8. The molecule has 29 heavy (non-hydrogen) atoms. The summed E-state index contributed by atoms with van der Waals surface area (Å²) in [7, 11) is -3.13. The lowest BCUT2D eigenvalue weighted by molar-refractivity contribution is -0.136. The molecule has 10 heteroatoms. The molecule has 1 aliphatic rings. The van der Waals surface area contributed by atoms with Crippen molar-refractivity contribution in [1.29, 1.82) is 0 Å². The van der Waals surface area contributed by atoms with Gasteiger partial charge in [-0.1, -0.05) is 26.7 Å². The highest BCUT2D eigenvalue weighted by molar-refractivity contribution is 7.91. The maximum atomic E-state index is 12.6. The zero-order valence-corrected chi connectivity index (χ0v) is 17.8. The SMILES string of the molecule is CCCCN(C(=O)COC(=O)c1ccc(=O)n(CCCC)n1)C1CCS(=O)(=O)C1. The van der Waals surface area contributed by atoms with Crippen LogP contribution in [0.4, 0.5) is 0 Å². The van der Waals surface area contributed by atoms with Gasteiger partial charge in [0.05, 0.1) is 11.5 Å². The largest absolute Gasteiger partial charge is 0.451 e. The summed E-state index contributed by atoms with van der Waals surface area (Å²) in [6.07, 6.45) is 3.62. The average Bonchev–Trinajstić information content (AvgIpc) is 3.05. The van der Waals surface area contributed by atoms with Crippen LogP contribution in [-0.2, 0) is 25.9 Å². The number of aryl methyl sites for hydroxylation is 1. The van der Waals surface area contributed by atoms with Crippen molar-refractivity contribution in [3.63, 3.8) is 0 Å². The van der Waals surface area contributed by atoms with Crippen molar-refractivity contribution in [3.8, 4) is 0 Å². The summed E-state index contributed by atoms with van der Waals surface area (Å²) in [6.45, 7) is 4.29. The number of ether oxygens (including phenoxy) is 1. The monoisotopic (exact) mass is 427 g/mol. The van der Waals surface area contributed by atoms with Gasteiger partial charge in [-0.3, -0.25) is 9.59 Å². The summed E-state index contributed by atoms with van der Waals surface area (Å²) in [6, 6.07) is 2.14. The van der Waals surface area contributed by atoms with E-state index in [0.717, 1.165) is 25.7 Å². The fraction of sp³-hybridized carbons (Fsp3) is 0.684. The van der Waals surface area contributed by atoms with Crippen LogP contribution in [-0.4, -0.2) is 65.7 Å². The van der Waals surface area contributed by atoms with E-state index in [1.54, 1.807) is 0 Å². The third-order valence-corrected chi connectivity index (χ3v) is 6.60. The van der Waals surface area contributed by atoms with E-state index in [1.165, 1.54) is 21.7 Å². The minimum absolute atomic E-state index is 0.0444. The van der Waals surface area contributed by atoms with Crippen LogP contribution >= 0.6 is 0 Å². The predicted molar refractivity (Wildman–Crippen MR) is 107 cm³/mol. The Balaban J connectivity index is 2.01. The van der Waals surface area contributed by atoms with Crippen molar-refractivity contribution in [1.82, 2.24) is 14.7 Å². The first kappa shape index (κ1) is 23.1. The third-order valence-electron chi connectivity index (χ3n) is 4.85. The van der Waals surface area contributed by atoms with E-state index in [-0.39, 0.29) is 28.8 Å². The fourth-order valence-corrected chi connectivity index (χ4v) is 4.90. The van der Waals surface area contributed by atoms with Gasteiger partial charge >= 0.3 is 5.97 Å². The molecule has 0 spiro atoms. The molecule has 1 fully saturated rings. The van der Waals surface area contributed by atoms with Crippen molar-refractivity contribution in [3.05, 3.63) is 28.2 Å². The van der Waals surface area contributed by atoms with Crippen molar-refractivity contribution in [2.75, 3.05) is 24.7 Å². The van der Waals surface area contributed by atoms with E-state index in [0.29, 0.717) is 19.5 Å². The molecular weight excluding hydrogens is 398 g/mol. The van der Waals surface area contributed by atoms with Gasteiger partial charge in [-0.25, -0.2) is 17.9 Å². The second-order valence-electron chi connectivity index (χ2n) is 7.21. The van der Waals surface area contributed by atoms with Crippen molar-refractivity contribution < 1.29 is 22.7 Å². The number of nitrogens with zero attached hydrogens (tertiary/aromatic N) is 3. The molecular formula is C19H29N3O6S. The van der Waals surface area contributed by atoms with Crippen LogP contribution in [0.5, 0.6) is 0 Å². The molecule has 1 amide bonds. The van der Waals surface area contributed by atoms with Crippen LogP contribution in [0.2, 0.25) is 0 Å². The topological polar surface area (TPSA) is 116 Å². The zero-order valence-electron chi connectivity index (χ0n) is 17.0. The molecule has 0 N–H and O–H groups in total. The highest BCUT2D eigenvalue weighted by Crippen LogP contribution is 2.19. The van der Waals surface area contributed by atoms with Crippen LogP contribution in [0.3, 0.4) is 0 Å². The molecule has 1 saturated heterocycles. The van der Waals surface area contributed by atoms with Crippen molar-refractivity contribution in [2.45, 2.75) is 58.5 Å². The Hall–Kier alpha value is -2.23. The maximum absolute atomic E-state index is 12.6. The van der Waals surface area contributed by atoms with Gasteiger partial charge in [0, 0.05) is 25.2 Å². The van der Waals surface area contributed by atoms with Gasteiger partial charge in [-0.05, 0) is 25.3 Å². The number of esters is 1. The molecule has 0 aliphatic carbocycles. The van der Waals surface area contributed by atoms with Gasteiger partial charge in [-0.2, -0.15) is 5.10 Å². The number of rotatable bonds is 10. The van der Waals surface area contributed by atoms with Crippen molar-refractivity contribution >= 4 is 21.7 Å². The Morgan fingerprint density at radius 2 is 1.97 bits per heavy atom. The number of carbonyl (C=O) groups excluding carboxylic acids is 2. The molecule has 1 atom stereocenters. The third kappa shape index (κ3) is 6.66. The molecule has 1 aliphatic heterocycles. The molecule has 0 radical (unpaired) electrons. The molecule has 0 saturated carbocycles. The summed E-state index contributed by atoms with van der Waals surface area (Å²) in [5.74, 6) is -1.21. The van der Waals surface area contributed by atoms with Gasteiger partial charge < -0.3 is 9.64 Å². The summed E-state index contributed by atoms with van der Waals surface area (Å²) in [5.41, 5.74) is -0.351. The number of amides is 1. The highest BCUT2D eigenvalue weighted by Gasteiger charge is 2.34. The van der Waals surface area contributed by atoms with Gasteiger partial charge in [0.15, 0.2) is 22.1 Å². The lowest BCUT2D eigenvalue weighted by Crippen LogP contribution is -2.44. The van der Waals surface area contributed by atoms with E-state index in [2.05, 4.69) is 5.10 Å². The van der Waals surface area contributed by atoms with Crippen molar-refractivity contribution in [2.24, 2.45) is 0 Å². The number of hydrogen-bond acceptors (Lipinski definition) is 7. The molecule has 1 aromatic heterocycles. The van der Waals surface area contributed by atoms with E-state index in [9.17, 15) is 22.8 Å². The molecule has 1 unspecified atom stereocenters. The lowest BCUT2D eigenvalue weighted by atomic mass is 10.2. The normalized spacial score (nSPS) is 17.8. The summed E-state index contributed by atoms with van der Waals surface area (Å²) in [4.78, 5) is 38.2. The zero-order chi connectivity index (χ0) is 21.4. The smallest absolute Gasteiger partial charge is 0.359 e. The fourth-order valence-electron chi connectivity index (χ4n) is 3.17. The van der Waals surface area contributed by atoms with Crippen LogP contribution in [0.1, 0.15) is 56.4 Å². The first-order valence-electron chi connectivity index (χ1n) is 10.0. The Morgan fingerprint density at radius 3 is 2.59 bits per heavy atom. The van der Waals surface area contributed by atoms with Crippen LogP contribution in [0.15, 0.2) is 16.9 Å². The van der Waals surface area contributed by atoms with Gasteiger partial charge in [-0.15, -0.1) is 0 Å². The summed E-state index contributed by atoms with van der Waals surface area (Å²) < 4.78 is 29.8. The minimum atomic E-state index is -3.13. The summed E-state index contributed by atoms with van der Waals surface area (Å²) in [5, 5.41) is 4.00. The van der Waals surface area contributed by atoms with E-state index in [1.807, 2.05) is 13.8 Å². The van der Waals surface area contributed by atoms with Crippen LogP contribution in [0.25, 0.3) is 0 Å². The first-order valence-corrected chi connectivity index (χ1v) is 11.8. The number of hydrogen-bond donors (Lipinski definition) is 0. The van der Waals surface area contributed by atoms with Gasteiger partial charge in [0.1, 0.15) is 0 Å². The van der Waals surface area contributed by atoms with Crippen LogP contribution in [0, 0.1) is 0 Å². The molecule has 1 aromatic rings. The highest BCUT2D eigenvalue weighted by atomic mass is 32.2. The molecule has 9 nitrogen and oxygen atoms in total. The minimum Gasteiger partial charge on any atom is -0.451 e. The quantitative estimate of drug-likeness (QED) is 0.512. The molecule has 0 aromatic carbocycles. The number of aromatic nitrogens is 2. The Kier molecular flexibility index (Phi) is 8.36. The van der Waals surface area contributed by atoms with Gasteiger partial charge in [0.2, 0.25) is 0 Å². The number of sulfone groups is 1. The number of unbranched alkanes of at least 4 members (excludes halogenated alkanes) is 2. The molecule has 2 heterocycles. The van der Waals surface area contributed by atoms with E-state index < -0.39 is 28.3 Å².